The van der Waals surface area contributed by atoms with Crippen molar-refractivity contribution >= 4 is 5.69 Å². The van der Waals surface area contributed by atoms with E-state index in [1.54, 1.807) is 7.11 Å². The lowest BCUT2D eigenvalue weighted by molar-refractivity contribution is 0.221. The van der Waals surface area contributed by atoms with E-state index >= 15 is 0 Å². The number of anilines is 1. The van der Waals surface area contributed by atoms with E-state index in [2.05, 4.69) is 36.5 Å². The van der Waals surface area contributed by atoms with Crippen molar-refractivity contribution < 1.29 is 4.74 Å². The molecule has 1 aromatic rings. The second kappa shape index (κ2) is 5.60. The predicted molar refractivity (Wildman–Crippen MR) is 55.9 cm³/mol. The molecule has 0 bridgehead atoms. The van der Waals surface area contributed by atoms with Crippen LogP contribution in [0.2, 0.25) is 0 Å². The molecule has 0 aliphatic heterocycles. The molecular formula is C11H17NO. The van der Waals surface area contributed by atoms with Crippen LogP contribution in [0, 0.1) is 0 Å². The first kappa shape index (κ1) is 10.1. The third-order valence-electron chi connectivity index (χ3n) is 1.91. The normalized spacial score (nSPS) is 10.0. The second-order valence-electron chi connectivity index (χ2n) is 3.06. The minimum absolute atomic E-state index is 0.563. The first-order chi connectivity index (χ1) is 6.36. The maximum absolute atomic E-state index is 4.91. The van der Waals surface area contributed by atoms with Gasteiger partial charge in [-0.3, -0.25) is 0 Å². The number of hydrogen-bond acceptors (Lipinski definition) is 2. The summed E-state index contributed by atoms with van der Waals surface area (Å²) in [7, 11) is 1.68. The molecule has 1 rings (SSSR count). The summed E-state index contributed by atoms with van der Waals surface area (Å²) >= 11 is 0. The molecule has 0 amide bonds. The highest BCUT2D eigenvalue weighted by Crippen LogP contribution is 2.10. The van der Waals surface area contributed by atoms with E-state index in [0.717, 1.165) is 12.1 Å². The van der Waals surface area contributed by atoms with Crippen molar-refractivity contribution in [3.05, 3.63) is 29.8 Å². The van der Waals surface area contributed by atoms with Gasteiger partial charge in [-0.05, 0) is 24.1 Å². The third kappa shape index (κ3) is 3.47. The molecule has 0 aliphatic rings. The summed E-state index contributed by atoms with van der Waals surface area (Å²) in [5.41, 5.74) is 2.51. The molecule has 2 nitrogen and oxygen atoms in total. The molecule has 0 atom stereocenters. The van der Waals surface area contributed by atoms with Crippen LogP contribution in [0.3, 0.4) is 0 Å². The first-order valence-corrected chi connectivity index (χ1v) is 4.68. The summed E-state index contributed by atoms with van der Waals surface area (Å²) in [4.78, 5) is 0. The smallest absolute Gasteiger partial charge is 0.116 e. The molecule has 0 saturated heterocycles. The minimum atomic E-state index is 0.563. The van der Waals surface area contributed by atoms with Crippen LogP contribution < -0.4 is 5.32 Å². The van der Waals surface area contributed by atoms with Gasteiger partial charge >= 0.3 is 0 Å². The monoisotopic (exact) mass is 179 g/mol. The number of ether oxygens (including phenoxy) is 1. The molecule has 13 heavy (non-hydrogen) atoms. The Morgan fingerprint density at radius 2 is 1.92 bits per heavy atom. The van der Waals surface area contributed by atoms with Crippen molar-refractivity contribution in [1.29, 1.82) is 0 Å². The largest absolute Gasteiger partial charge is 0.365 e. The molecular weight excluding hydrogens is 162 g/mol. The van der Waals surface area contributed by atoms with Crippen LogP contribution >= 0.6 is 0 Å². The van der Waals surface area contributed by atoms with Crippen LogP contribution in [0.4, 0.5) is 5.69 Å². The zero-order valence-corrected chi connectivity index (χ0v) is 8.34. The van der Waals surface area contributed by atoms with E-state index in [9.17, 15) is 0 Å². The van der Waals surface area contributed by atoms with Crippen LogP contribution in [0.15, 0.2) is 24.3 Å². The lowest BCUT2D eigenvalue weighted by atomic mass is 10.1. The zero-order chi connectivity index (χ0) is 9.52. The number of hydrogen-bond donors (Lipinski definition) is 1. The summed E-state index contributed by atoms with van der Waals surface area (Å²) in [6.07, 6.45) is 2.36. The maximum Gasteiger partial charge on any atom is 0.116 e. The Bertz CT molecular complexity index is 230. The average Bonchev–Trinajstić information content (AvgIpc) is 2.17. The van der Waals surface area contributed by atoms with Gasteiger partial charge < -0.3 is 10.1 Å². The van der Waals surface area contributed by atoms with Crippen LogP contribution in [-0.2, 0) is 11.2 Å². The molecule has 0 aromatic heterocycles. The Hall–Kier alpha value is -1.02. The van der Waals surface area contributed by atoms with Crippen molar-refractivity contribution in [2.75, 3.05) is 19.2 Å². The van der Waals surface area contributed by atoms with Crippen LogP contribution in [0.5, 0.6) is 0 Å². The number of methoxy groups -OCH3 is 1. The lowest BCUT2D eigenvalue weighted by Gasteiger charge is -2.05. The third-order valence-corrected chi connectivity index (χ3v) is 1.91. The summed E-state index contributed by atoms with van der Waals surface area (Å²) in [6.45, 7) is 2.75. The Morgan fingerprint density at radius 3 is 2.46 bits per heavy atom. The quantitative estimate of drug-likeness (QED) is 0.702. The molecule has 1 N–H and O–H groups in total. The summed E-state index contributed by atoms with van der Waals surface area (Å²) in [5, 5.41) is 3.14. The molecule has 0 fully saturated rings. The first-order valence-electron chi connectivity index (χ1n) is 4.68. The van der Waals surface area contributed by atoms with Gasteiger partial charge in [-0.1, -0.05) is 25.5 Å². The SMILES string of the molecule is CCCc1ccc(NCOC)cc1. The molecule has 72 valence electrons. The fraction of sp³-hybridized carbons (Fsp3) is 0.455. The molecule has 0 heterocycles. The molecule has 0 aliphatic carbocycles. The fourth-order valence-electron chi connectivity index (χ4n) is 1.23. The second-order valence-corrected chi connectivity index (χ2v) is 3.06. The Morgan fingerprint density at radius 1 is 1.23 bits per heavy atom. The van der Waals surface area contributed by atoms with Gasteiger partial charge in [-0.25, -0.2) is 0 Å². The number of rotatable bonds is 5. The molecule has 0 radical (unpaired) electrons. The van der Waals surface area contributed by atoms with Gasteiger partial charge in [0.05, 0.1) is 0 Å². The lowest BCUT2D eigenvalue weighted by Crippen LogP contribution is -2.02. The van der Waals surface area contributed by atoms with Crippen LogP contribution in [0.25, 0.3) is 0 Å². The van der Waals surface area contributed by atoms with Gasteiger partial charge in [-0.15, -0.1) is 0 Å². The van der Waals surface area contributed by atoms with E-state index < -0.39 is 0 Å². The Kier molecular flexibility index (Phi) is 4.33. The van der Waals surface area contributed by atoms with Gasteiger partial charge in [0, 0.05) is 12.8 Å². The van der Waals surface area contributed by atoms with E-state index in [4.69, 9.17) is 4.74 Å². The molecule has 1 aromatic carbocycles. The summed E-state index contributed by atoms with van der Waals surface area (Å²) < 4.78 is 4.91. The minimum Gasteiger partial charge on any atom is -0.365 e. The van der Waals surface area contributed by atoms with Crippen molar-refractivity contribution in [2.45, 2.75) is 19.8 Å². The van der Waals surface area contributed by atoms with Crippen molar-refractivity contribution in [1.82, 2.24) is 0 Å². The van der Waals surface area contributed by atoms with Gasteiger partial charge in [-0.2, -0.15) is 0 Å². The highest BCUT2D eigenvalue weighted by atomic mass is 16.5. The number of aryl methyl sites for hydroxylation is 1. The van der Waals surface area contributed by atoms with Gasteiger partial charge in [0.2, 0.25) is 0 Å². The highest BCUT2D eigenvalue weighted by molar-refractivity contribution is 5.44. The van der Waals surface area contributed by atoms with E-state index in [1.165, 1.54) is 12.0 Å². The van der Waals surface area contributed by atoms with E-state index in [0.29, 0.717) is 6.73 Å². The highest BCUT2D eigenvalue weighted by Gasteiger charge is 1.92. The van der Waals surface area contributed by atoms with E-state index in [1.807, 2.05) is 0 Å². The molecule has 0 spiro atoms. The van der Waals surface area contributed by atoms with Crippen molar-refractivity contribution in [3.8, 4) is 0 Å². The Labute approximate surface area is 79.9 Å². The van der Waals surface area contributed by atoms with E-state index in [-0.39, 0.29) is 0 Å². The number of benzene rings is 1. The average molecular weight is 179 g/mol. The van der Waals surface area contributed by atoms with Crippen molar-refractivity contribution in [2.24, 2.45) is 0 Å². The Balaban J connectivity index is 2.48. The van der Waals surface area contributed by atoms with Gasteiger partial charge in [0.15, 0.2) is 0 Å². The predicted octanol–water partition coefficient (Wildman–Crippen LogP) is 2.65. The molecule has 0 unspecified atom stereocenters. The molecule has 2 heteroatoms. The zero-order valence-electron chi connectivity index (χ0n) is 8.34. The van der Waals surface area contributed by atoms with Crippen LogP contribution in [0.1, 0.15) is 18.9 Å². The topological polar surface area (TPSA) is 21.3 Å². The van der Waals surface area contributed by atoms with Crippen molar-refractivity contribution in [3.63, 3.8) is 0 Å². The molecule has 0 saturated carbocycles. The maximum atomic E-state index is 4.91. The van der Waals surface area contributed by atoms with Crippen LogP contribution in [-0.4, -0.2) is 13.8 Å². The summed E-state index contributed by atoms with van der Waals surface area (Å²) in [6, 6.07) is 8.48. The fourth-order valence-corrected chi connectivity index (χ4v) is 1.23. The number of nitrogens with one attached hydrogen (secondary N) is 1. The summed E-state index contributed by atoms with van der Waals surface area (Å²) in [5.74, 6) is 0. The van der Waals surface area contributed by atoms with Gasteiger partial charge in [0.1, 0.15) is 6.73 Å². The van der Waals surface area contributed by atoms with Gasteiger partial charge in [0.25, 0.3) is 0 Å². The standard InChI is InChI=1S/C11H17NO/c1-3-4-10-5-7-11(8-6-10)12-9-13-2/h5-8,12H,3-4,9H2,1-2H3.